The van der Waals surface area contributed by atoms with Crippen LogP contribution in [-0.2, 0) is 0 Å². The number of allylic oxidation sites excluding steroid dienone is 3. The molecule has 3 aliphatic rings. The third-order valence-electron chi connectivity index (χ3n) is 5.51. The molecule has 1 aromatic carbocycles. The van der Waals surface area contributed by atoms with E-state index in [0.717, 1.165) is 35.8 Å². The van der Waals surface area contributed by atoms with Crippen LogP contribution in [0.5, 0.6) is 0 Å². The van der Waals surface area contributed by atoms with Crippen LogP contribution in [0.1, 0.15) is 43.7 Å². The van der Waals surface area contributed by atoms with Gasteiger partial charge < -0.3 is 0 Å². The predicted octanol–water partition coefficient (Wildman–Crippen LogP) is 4.14. The van der Waals surface area contributed by atoms with Crippen molar-refractivity contribution in [2.75, 3.05) is 13.6 Å². The van der Waals surface area contributed by atoms with Crippen molar-refractivity contribution in [2.24, 2.45) is 10.4 Å². The molecule has 26 heavy (non-hydrogen) atoms. The van der Waals surface area contributed by atoms with Crippen LogP contribution in [0.15, 0.2) is 47.1 Å². The molecule has 0 unspecified atom stereocenters. The highest BCUT2D eigenvalue weighted by atomic mass is 16.2. The lowest BCUT2D eigenvalue weighted by Gasteiger charge is -2.28. The van der Waals surface area contributed by atoms with Gasteiger partial charge in [-0.3, -0.25) is 9.80 Å². The molecule has 2 fully saturated rings. The summed E-state index contributed by atoms with van der Waals surface area (Å²) in [6.07, 6.45) is 7.81. The number of nitriles is 1. The molecule has 1 aromatic rings. The fraction of sp³-hybridized carbons (Fsp3) is 0.381. The summed E-state index contributed by atoms with van der Waals surface area (Å²) in [5.41, 5.74) is 3.40. The SMILES string of the molecule is CN1C(=O)N(CC2(C)CC2)C2=CC=C(c3ccccc3C#N)N=C1CC2. The van der Waals surface area contributed by atoms with E-state index in [2.05, 4.69) is 13.0 Å². The van der Waals surface area contributed by atoms with E-state index in [1.165, 1.54) is 12.8 Å². The monoisotopic (exact) mass is 346 g/mol. The molecule has 2 aliphatic heterocycles. The Morgan fingerprint density at radius 3 is 2.73 bits per heavy atom. The van der Waals surface area contributed by atoms with Gasteiger partial charge in [0.1, 0.15) is 5.84 Å². The highest BCUT2D eigenvalue weighted by Gasteiger charge is 2.42. The molecule has 2 heterocycles. The second kappa shape index (κ2) is 6.14. The van der Waals surface area contributed by atoms with E-state index in [4.69, 9.17) is 4.99 Å². The summed E-state index contributed by atoms with van der Waals surface area (Å²) in [6.45, 7) is 3.00. The van der Waals surface area contributed by atoms with Crippen molar-refractivity contribution in [1.29, 1.82) is 5.26 Å². The summed E-state index contributed by atoms with van der Waals surface area (Å²) in [4.78, 5) is 21.4. The Morgan fingerprint density at radius 2 is 2.00 bits per heavy atom. The number of urea groups is 1. The summed E-state index contributed by atoms with van der Waals surface area (Å²) in [5.74, 6) is 0.753. The Labute approximate surface area is 153 Å². The number of amides is 2. The van der Waals surface area contributed by atoms with Gasteiger partial charge in [0.2, 0.25) is 0 Å². The van der Waals surface area contributed by atoms with Gasteiger partial charge in [0, 0.05) is 31.3 Å². The lowest BCUT2D eigenvalue weighted by atomic mass is 10.0. The topological polar surface area (TPSA) is 59.7 Å². The Balaban J connectivity index is 1.80. The molecule has 5 nitrogen and oxygen atoms in total. The second-order valence-corrected chi connectivity index (χ2v) is 7.63. The zero-order valence-electron chi connectivity index (χ0n) is 15.2. The Bertz CT molecular complexity index is 899. The van der Waals surface area contributed by atoms with Crippen LogP contribution >= 0.6 is 0 Å². The lowest BCUT2D eigenvalue weighted by molar-refractivity contribution is 0.187. The molecule has 1 saturated heterocycles. The molecule has 0 N–H and O–H groups in total. The maximum absolute atomic E-state index is 13.0. The van der Waals surface area contributed by atoms with Gasteiger partial charge in [0.15, 0.2) is 0 Å². The number of amidine groups is 1. The van der Waals surface area contributed by atoms with Gasteiger partial charge in [-0.2, -0.15) is 5.26 Å². The Morgan fingerprint density at radius 1 is 1.23 bits per heavy atom. The van der Waals surface area contributed by atoms with Crippen molar-refractivity contribution in [3.05, 3.63) is 53.2 Å². The first-order chi connectivity index (χ1) is 12.5. The quantitative estimate of drug-likeness (QED) is 0.826. The maximum Gasteiger partial charge on any atom is 0.329 e. The molecule has 5 heteroatoms. The Hall–Kier alpha value is -2.87. The van der Waals surface area contributed by atoms with E-state index in [-0.39, 0.29) is 11.4 Å². The summed E-state index contributed by atoms with van der Waals surface area (Å²) in [7, 11) is 1.80. The van der Waals surface area contributed by atoms with Crippen molar-refractivity contribution in [2.45, 2.75) is 32.6 Å². The fourth-order valence-corrected chi connectivity index (χ4v) is 3.49. The predicted molar refractivity (Wildman–Crippen MR) is 101 cm³/mol. The van der Waals surface area contributed by atoms with Crippen LogP contribution in [0.4, 0.5) is 4.79 Å². The van der Waals surface area contributed by atoms with Crippen LogP contribution in [0.25, 0.3) is 5.70 Å². The molecule has 0 atom stereocenters. The number of carbonyl (C=O) groups is 1. The number of nitrogens with zero attached hydrogens (tertiary/aromatic N) is 4. The number of benzene rings is 1. The third kappa shape index (κ3) is 2.92. The average molecular weight is 346 g/mol. The van der Waals surface area contributed by atoms with Crippen LogP contribution in [0.3, 0.4) is 0 Å². The number of fused-ring (bicyclic) bond motifs is 3. The minimum atomic E-state index is -0.0103. The number of hydrogen-bond donors (Lipinski definition) is 0. The first-order valence-corrected chi connectivity index (χ1v) is 9.04. The minimum absolute atomic E-state index is 0.0103. The summed E-state index contributed by atoms with van der Waals surface area (Å²) >= 11 is 0. The van der Waals surface area contributed by atoms with E-state index >= 15 is 0 Å². The first-order valence-electron chi connectivity index (χ1n) is 9.04. The molecule has 1 aliphatic carbocycles. The van der Waals surface area contributed by atoms with Gasteiger partial charge in [-0.25, -0.2) is 9.79 Å². The maximum atomic E-state index is 13.0. The molecule has 0 radical (unpaired) electrons. The molecule has 0 aromatic heterocycles. The molecular formula is C21H22N4O. The van der Waals surface area contributed by atoms with Crippen LogP contribution < -0.4 is 0 Å². The molecule has 0 spiro atoms. The number of hydrogen-bond acceptors (Lipinski definition) is 3. The molecular weight excluding hydrogens is 324 g/mol. The van der Waals surface area contributed by atoms with Gasteiger partial charge >= 0.3 is 6.03 Å². The van der Waals surface area contributed by atoms with Gasteiger partial charge in [-0.15, -0.1) is 0 Å². The molecule has 1 saturated carbocycles. The fourth-order valence-electron chi connectivity index (χ4n) is 3.49. The van der Waals surface area contributed by atoms with Gasteiger partial charge in [-0.1, -0.05) is 25.1 Å². The zero-order chi connectivity index (χ0) is 18.3. The highest BCUT2D eigenvalue weighted by Crippen LogP contribution is 2.46. The van der Waals surface area contributed by atoms with Crippen molar-refractivity contribution in [3.8, 4) is 6.07 Å². The third-order valence-corrected chi connectivity index (χ3v) is 5.51. The molecule has 2 bridgehead atoms. The Kier molecular flexibility index (Phi) is 3.91. The number of carbonyl (C=O) groups excluding carboxylic acids is 1. The first kappa shape index (κ1) is 16.6. The van der Waals surface area contributed by atoms with E-state index in [1.54, 1.807) is 18.0 Å². The second-order valence-electron chi connectivity index (χ2n) is 7.63. The number of aliphatic imine (C=N–C) groups is 1. The van der Waals surface area contributed by atoms with Crippen molar-refractivity contribution < 1.29 is 4.79 Å². The standard InChI is InChI=1S/C21H22N4O/c1-21(11-12-21)14-25-16-7-9-18(17-6-4-3-5-15(17)13-22)23-19(10-8-16)24(2)20(25)26/h3-7,9H,8,10-12,14H2,1-2H3. The largest absolute Gasteiger partial charge is 0.329 e. The van der Waals surface area contributed by atoms with Crippen molar-refractivity contribution in [1.82, 2.24) is 9.80 Å². The van der Waals surface area contributed by atoms with Crippen LogP contribution in [0, 0.1) is 16.7 Å². The average Bonchev–Trinajstić information content (AvgIpc) is 3.37. The summed E-state index contributed by atoms with van der Waals surface area (Å²) < 4.78 is 0. The van der Waals surface area contributed by atoms with E-state index in [1.807, 2.05) is 35.3 Å². The van der Waals surface area contributed by atoms with Crippen LogP contribution in [0.2, 0.25) is 0 Å². The summed E-state index contributed by atoms with van der Waals surface area (Å²) in [6, 6.07) is 9.68. The minimum Gasteiger partial charge on any atom is -0.297 e. The van der Waals surface area contributed by atoms with E-state index in [9.17, 15) is 10.1 Å². The lowest BCUT2D eigenvalue weighted by Crippen LogP contribution is -2.42. The van der Waals surface area contributed by atoms with E-state index < -0.39 is 0 Å². The molecule has 2 amide bonds. The molecule has 4 rings (SSSR count). The normalized spacial score (nSPS) is 21.1. The highest BCUT2D eigenvalue weighted by molar-refractivity contribution is 6.01. The van der Waals surface area contributed by atoms with Gasteiger partial charge in [-0.05, 0) is 42.9 Å². The zero-order valence-corrected chi connectivity index (χ0v) is 15.2. The van der Waals surface area contributed by atoms with E-state index in [0.29, 0.717) is 12.0 Å². The smallest absolute Gasteiger partial charge is 0.297 e. The molecule has 132 valence electrons. The van der Waals surface area contributed by atoms with Gasteiger partial charge in [0.05, 0.1) is 17.3 Å². The number of rotatable bonds is 3. The van der Waals surface area contributed by atoms with Crippen molar-refractivity contribution in [3.63, 3.8) is 0 Å². The summed E-state index contributed by atoms with van der Waals surface area (Å²) in [5, 5.41) is 9.42. The van der Waals surface area contributed by atoms with Crippen LogP contribution in [-0.4, -0.2) is 35.3 Å². The van der Waals surface area contributed by atoms with Crippen molar-refractivity contribution >= 4 is 17.6 Å². The van der Waals surface area contributed by atoms with Gasteiger partial charge in [0.25, 0.3) is 0 Å².